The first-order chi connectivity index (χ1) is 8.91. The van der Waals surface area contributed by atoms with Crippen molar-refractivity contribution in [3.63, 3.8) is 0 Å². The molecular formula is C14H23NO4. The molecule has 1 aliphatic rings. The van der Waals surface area contributed by atoms with Crippen molar-refractivity contribution < 1.29 is 19.4 Å². The molecule has 0 aromatic rings. The number of ether oxygens (including phenoxy) is 1. The summed E-state index contributed by atoms with van der Waals surface area (Å²) in [6.07, 6.45) is 3.28. The fourth-order valence-electron chi connectivity index (χ4n) is 2.38. The summed E-state index contributed by atoms with van der Waals surface area (Å²) in [5.41, 5.74) is -0.881. The third-order valence-corrected chi connectivity index (χ3v) is 3.46. The largest absolute Gasteiger partial charge is 0.481 e. The average molecular weight is 269 g/mol. The van der Waals surface area contributed by atoms with Gasteiger partial charge in [0.1, 0.15) is 6.61 Å². The number of carbonyl (C=O) groups is 2. The number of nitrogens with zero attached hydrogens (tertiary/aromatic N) is 1. The number of hydrogen-bond donors (Lipinski definition) is 1. The number of carboxylic acid groups (broad SMARTS) is 1. The number of likely N-dealkylation sites (tertiary alicyclic amines) is 1. The van der Waals surface area contributed by atoms with Crippen molar-refractivity contribution >= 4 is 11.9 Å². The molecule has 0 radical (unpaired) electrons. The summed E-state index contributed by atoms with van der Waals surface area (Å²) in [6, 6.07) is 0. The molecule has 108 valence electrons. The maximum Gasteiger partial charge on any atom is 0.311 e. The second kappa shape index (κ2) is 6.70. The van der Waals surface area contributed by atoms with Gasteiger partial charge in [0.15, 0.2) is 0 Å². The maximum atomic E-state index is 12.0. The van der Waals surface area contributed by atoms with Crippen molar-refractivity contribution in [2.24, 2.45) is 5.41 Å². The molecule has 5 nitrogen and oxygen atoms in total. The summed E-state index contributed by atoms with van der Waals surface area (Å²) in [6.45, 7) is 8.21. The minimum atomic E-state index is -0.881. The second-order valence-electron chi connectivity index (χ2n) is 5.36. The lowest BCUT2D eigenvalue weighted by atomic mass is 9.77. The molecule has 1 amide bonds. The molecule has 1 fully saturated rings. The number of rotatable bonds is 6. The van der Waals surface area contributed by atoms with E-state index in [-0.39, 0.29) is 25.2 Å². The van der Waals surface area contributed by atoms with E-state index in [0.717, 1.165) is 0 Å². The first-order valence-electron chi connectivity index (χ1n) is 6.65. The van der Waals surface area contributed by atoms with E-state index in [4.69, 9.17) is 4.74 Å². The van der Waals surface area contributed by atoms with E-state index < -0.39 is 11.4 Å². The summed E-state index contributed by atoms with van der Waals surface area (Å²) in [5, 5.41) is 9.42. The molecule has 0 bridgehead atoms. The molecule has 1 aliphatic heterocycles. The normalized spacial score (nSPS) is 23.4. The topological polar surface area (TPSA) is 66.8 Å². The van der Waals surface area contributed by atoms with Crippen LogP contribution in [0, 0.1) is 5.41 Å². The zero-order valence-corrected chi connectivity index (χ0v) is 11.7. The number of aliphatic carboxylic acids is 1. The highest BCUT2D eigenvalue weighted by atomic mass is 16.5. The molecule has 0 aromatic carbocycles. The van der Waals surface area contributed by atoms with Crippen molar-refractivity contribution in [1.29, 1.82) is 0 Å². The van der Waals surface area contributed by atoms with E-state index in [9.17, 15) is 14.7 Å². The van der Waals surface area contributed by atoms with Crippen molar-refractivity contribution in [3.05, 3.63) is 12.7 Å². The molecule has 0 spiro atoms. The molecule has 5 heteroatoms. The fraction of sp³-hybridized carbons (Fsp3) is 0.714. The van der Waals surface area contributed by atoms with Crippen LogP contribution in [-0.4, -0.2) is 47.7 Å². The summed E-state index contributed by atoms with van der Waals surface area (Å²) in [5.74, 6) is -0.988. The van der Waals surface area contributed by atoms with Crippen LogP contribution in [0.4, 0.5) is 0 Å². The molecule has 1 rings (SSSR count). The zero-order valence-electron chi connectivity index (χ0n) is 11.7. The molecule has 1 saturated heterocycles. The van der Waals surface area contributed by atoms with Crippen LogP contribution in [0.5, 0.6) is 0 Å². The van der Waals surface area contributed by atoms with E-state index in [1.165, 1.54) is 0 Å². The standard InChI is InChI=1S/C14H23NO4/c1-4-6-14(13(17)18)7-5-8-15(10-14)12(16)9-19-11(2)3/h4,11H,1,5-10H2,2-3H3,(H,17,18)/t14-/m1/s1. The minimum absolute atomic E-state index is 0.00820. The number of piperidine rings is 1. The number of hydrogen-bond acceptors (Lipinski definition) is 3. The summed E-state index contributed by atoms with van der Waals surface area (Å²) < 4.78 is 5.29. The highest BCUT2D eigenvalue weighted by molar-refractivity contribution is 5.80. The quantitative estimate of drug-likeness (QED) is 0.745. The van der Waals surface area contributed by atoms with Crippen molar-refractivity contribution in [2.75, 3.05) is 19.7 Å². The molecule has 1 N–H and O–H groups in total. The van der Waals surface area contributed by atoms with Gasteiger partial charge in [0, 0.05) is 13.1 Å². The van der Waals surface area contributed by atoms with Crippen molar-refractivity contribution in [2.45, 2.75) is 39.2 Å². The lowest BCUT2D eigenvalue weighted by Crippen LogP contribution is -2.50. The smallest absolute Gasteiger partial charge is 0.311 e. The molecule has 0 unspecified atom stereocenters. The van der Waals surface area contributed by atoms with Crippen LogP contribution < -0.4 is 0 Å². The second-order valence-corrected chi connectivity index (χ2v) is 5.36. The van der Waals surface area contributed by atoms with Gasteiger partial charge in [-0.2, -0.15) is 0 Å². The van der Waals surface area contributed by atoms with Gasteiger partial charge in [0.05, 0.1) is 11.5 Å². The van der Waals surface area contributed by atoms with Crippen LogP contribution in [0.1, 0.15) is 33.1 Å². The Morgan fingerprint density at radius 1 is 1.53 bits per heavy atom. The first kappa shape index (κ1) is 15.7. The van der Waals surface area contributed by atoms with Gasteiger partial charge in [0.25, 0.3) is 0 Å². The molecule has 0 saturated carbocycles. The van der Waals surface area contributed by atoms with Gasteiger partial charge in [-0.15, -0.1) is 6.58 Å². The van der Waals surface area contributed by atoms with Crippen LogP contribution in [0.25, 0.3) is 0 Å². The zero-order chi connectivity index (χ0) is 14.5. The SMILES string of the molecule is C=CC[C@@]1(C(=O)O)CCCN(C(=O)COC(C)C)C1. The van der Waals surface area contributed by atoms with Gasteiger partial charge >= 0.3 is 5.97 Å². The van der Waals surface area contributed by atoms with Crippen LogP contribution in [0.3, 0.4) is 0 Å². The van der Waals surface area contributed by atoms with Gasteiger partial charge in [-0.05, 0) is 33.1 Å². The van der Waals surface area contributed by atoms with Crippen LogP contribution in [0.15, 0.2) is 12.7 Å². The third kappa shape index (κ3) is 4.06. The molecular weight excluding hydrogens is 246 g/mol. The number of amides is 1. The molecule has 1 atom stereocenters. The monoisotopic (exact) mass is 269 g/mol. The lowest BCUT2D eigenvalue weighted by Gasteiger charge is -2.39. The third-order valence-electron chi connectivity index (χ3n) is 3.46. The predicted molar refractivity (Wildman–Crippen MR) is 71.8 cm³/mol. The Morgan fingerprint density at radius 2 is 2.21 bits per heavy atom. The van der Waals surface area contributed by atoms with Gasteiger partial charge < -0.3 is 14.7 Å². The van der Waals surface area contributed by atoms with E-state index in [1.54, 1.807) is 11.0 Å². The molecule has 0 aliphatic carbocycles. The van der Waals surface area contributed by atoms with Crippen molar-refractivity contribution in [3.8, 4) is 0 Å². The minimum Gasteiger partial charge on any atom is -0.481 e. The highest BCUT2D eigenvalue weighted by Gasteiger charge is 2.42. The summed E-state index contributed by atoms with van der Waals surface area (Å²) in [7, 11) is 0. The number of carboxylic acids is 1. The summed E-state index contributed by atoms with van der Waals surface area (Å²) in [4.78, 5) is 25.1. The van der Waals surface area contributed by atoms with E-state index >= 15 is 0 Å². The molecule has 19 heavy (non-hydrogen) atoms. The molecule has 1 heterocycles. The van der Waals surface area contributed by atoms with E-state index in [2.05, 4.69) is 6.58 Å². The van der Waals surface area contributed by atoms with Crippen LogP contribution >= 0.6 is 0 Å². The van der Waals surface area contributed by atoms with E-state index in [1.807, 2.05) is 13.8 Å². The Morgan fingerprint density at radius 3 is 2.74 bits per heavy atom. The summed E-state index contributed by atoms with van der Waals surface area (Å²) >= 11 is 0. The van der Waals surface area contributed by atoms with Gasteiger partial charge in [0.2, 0.25) is 5.91 Å². The van der Waals surface area contributed by atoms with Gasteiger partial charge in [-0.3, -0.25) is 9.59 Å². The average Bonchev–Trinajstić information content (AvgIpc) is 2.36. The number of allylic oxidation sites excluding steroid dienone is 1. The number of carbonyl (C=O) groups excluding carboxylic acids is 1. The van der Waals surface area contributed by atoms with Gasteiger partial charge in [-0.1, -0.05) is 6.08 Å². The van der Waals surface area contributed by atoms with Gasteiger partial charge in [-0.25, -0.2) is 0 Å². The predicted octanol–water partition coefficient (Wildman–Crippen LogP) is 1.68. The maximum absolute atomic E-state index is 12.0. The van der Waals surface area contributed by atoms with Crippen LogP contribution in [0.2, 0.25) is 0 Å². The van der Waals surface area contributed by atoms with E-state index in [0.29, 0.717) is 25.8 Å². The Balaban J connectivity index is 2.69. The van der Waals surface area contributed by atoms with Crippen LogP contribution in [-0.2, 0) is 14.3 Å². The Kier molecular flexibility index (Phi) is 5.54. The molecule has 0 aromatic heterocycles. The van der Waals surface area contributed by atoms with Crippen molar-refractivity contribution in [1.82, 2.24) is 4.90 Å². The first-order valence-corrected chi connectivity index (χ1v) is 6.65. The fourth-order valence-corrected chi connectivity index (χ4v) is 2.38. The highest BCUT2D eigenvalue weighted by Crippen LogP contribution is 2.34. The Bertz CT molecular complexity index is 353. The Hall–Kier alpha value is -1.36. The lowest BCUT2D eigenvalue weighted by molar-refractivity contribution is -0.156. The Labute approximate surface area is 114 Å².